The molecule has 0 aromatic heterocycles. The molecule has 1 aliphatic carbocycles. The van der Waals surface area contributed by atoms with Gasteiger partial charge in [-0.2, -0.15) is 0 Å². The lowest BCUT2D eigenvalue weighted by Gasteiger charge is -2.46. The molecule has 1 heterocycles. The number of carbonyl (C=O) groups is 2. The molecule has 2 aliphatic rings. The first kappa shape index (κ1) is 21.8. The summed E-state index contributed by atoms with van der Waals surface area (Å²) in [6.07, 6.45) is 2.52. The van der Waals surface area contributed by atoms with E-state index in [1.165, 1.54) is 19.1 Å². The first-order valence-corrected chi connectivity index (χ1v) is 10.4. The predicted octanol–water partition coefficient (Wildman–Crippen LogP) is 3.16. The lowest BCUT2D eigenvalue weighted by Crippen LogP contribution is -2.60. The summed E-state index contributed by atoms with van der Waals surface area (Å²) in [6, 6.07) is 4.38. The smallest absolute Gasteiger partial charge is 0.302 e. The van der Waals surface area contributed by atoms with E-state index in [4.69, 9.17) is 26.8 Å². The van der Waals surface area contributed by atoms with Gasteiger partial charge in [0, 0.05) is 31.0 Å². The Balaban J connectivity index is 1.44. The van der Waals surface area contributed by atoms with Gasteiger partial charge in [-0.15, -0.1) is 0 Å². The third-order valence-corrected chi connectivity index (χ3v) is 6.18. The molecule has 1 aromatic rings. The number of ether oxygens (including phenoxy) is 2. The van der Waals surface area contributed by atoms with Gasteiger partial charge in [-0.1, -0.05) is 11.6 Å². The van der Waals surface area contributed by atoms with Gasteiger partial charge in [-0.25, -0.2) is 4.39 Å². The molecule has 1 saturated heterocycles. The maximum Gasteiger partial charge on any atom is 0.302 e. The minimum atomic E-state index is -0.588. The van der Waals surface area contributed by atoms with Gasteiger partial charge in [-0.05, 0) is 56.7 Å². The van der Waals surface area contributed by atoms with Crippen LogP contribution in [0, 0.1) is 17.7 Å². The molecule has 29 heavy (non-hydrogen) atoms. The van der Waals surface area contributed by atoms with E-state index < -0.39 is 11.4 Å². The van der Waals surface area contributed by atoms with E-state index in [-0.39, 0.29) is 42.2 Å². The van der Waals surface area contributed by atoms with Crippen LogP contribution in [-0.2, 0) is 14.3 Å². The van der Waals surface area contributed by atoms with Crippen LogP contribution in [0.5, 0.6) is 5.75 Å². The standard InChI is InChI=1S/C21H28ClFN2O4/c1-13(29-19-4-3-17(22)9-18(19)23)15-5-7-25(8-6-15)20(27)16-10-21(24,11-16)12-28-14(2)26/h3-4,9,13,15-16H,5-8,10-12,24H2,1-2H3/t13?,16-,21+. The Hall–Kier alpha value is -1.86. The molecule has 0 radical (unpaired) electrons. The van der Waals surface area contributed by atoms with Crippen LogP contribution in [0.25, 0.3) is 0 Å². The maximum absolute atomic E-state index is 13.9. The largest absolute Gasteiger partial charge is 0.487 e. The van der Waals surface area contributed by atoms with Crippen LogP contribution in [-0.4, -0.2) is 48.1 Å². The Morgan fingerprint density at radius 3 is 2.59 bits per heavy atom. The lowest BCUT2D eigenvalue weighted by atomic mass is 9.68. The summed E-state index contributed by atoms with van der Waals surface area (Å²) in [5, 5.41) is 0.333. The molecule has 1 aromatic carbocycles. The van der Waals surface area contributed by atoms with E-state index in [2.05, 4.69) is 0 Å². The Morgan fingerprint density at radius 2 is 2.00 bits per heavy atom. The summed E-state index contributed by atoms with van der Waals surface area (Å²) in [4.78, 5) is 25.5. The number of esters is 1. The van der Waals surface area contributed by atoms with Gasteiger partial charge < -0.3 is 20.1 Å². The van der Waals surface area contributed by atoms with Crippen molar-refractivity contribution in [3.05, 3.63) is 29.0 Å². The second-order valence-corrected chi connectivity index (χ2v) is 8.74. The maximum atomic E-state index is 13.9. The van der Waals surface area contributed by atoms with Crippen LogP contribution in [0.4, 0.5) is 4.39 Å². The number of likely N-dealkylation sites (tertiary alicyclic amines) is 1. The van der Waals surface area contributed by atoms with Crippen LogP contribution < -0.4 is 10.5 Å². The molecular formula is C21H28ClFN2O4. The van der Waals surface area contributed by atoms with Crippen molar-refractivity contribution < 1.29 is 23.5 Å². The van der Waals surface area contributed by atoms with Crippen molar-refractivity contribution in [2.24, 2.45) is 17.6 Å². The summed E-state index contributed by atoms with van der Waals surface area (Å²) in [5.74, 6) is -0.383. The van der Waals surface area contributed by atoms with Crippen LogP contribution in [0.15, 0.2) is 18.2 Å². The van der Waals surface area contributed by atoms with E-state index in [0.29, 0.717) is 31.0 Å². The molecule has 0 bridgehead atoms. The number of halogens is 2. The molecule has 1 atom stereocenters. The van der Waals surface area contributed by atoms with Crippen molar-refractivity contribution in [3.63, 3.8) is 0 Å². The Morgan fingerprint density at radius 1 is 1.34 bits per heavy atom. The molecule has 1 aliphatic heterocycles. The SMILES string of the molecule is CC(=O)OC[C@]1(N)C[C@@H](C(=O)N2CCC(C(C)Oc3ccc(Cl)cc3F)CC2)C1. The second-order valence-electron chi connectivity index (χ2n) is 8.31. The zero-order chi connectivity index (χ0) is 21.2. The fourth-order valence-electron chi connectivity index (χ4n) is 4.17. The fourth-order valence-corrected chi connectivity index (χ4v) is 4.33. The van der Waals surface area contributed by atoms with Crippen molar-refractivity contribution in [1.82, 2.24) is 4.90 Å². The molecule has 3 rings (SSSR count). The van der Waals surface area contributed by atoms with E-state index in [1.807, 2.05) is 11.8 Å². The Kier molecular flexibility index (Phi) is 6.69. The number of hydrogen-bond acceptors (Lipinski definition) is 5. The summed E-state index contributed by atoms with van der Waals surface area (Å²) in [6.45, 7) is 4.74. The number of nitrogens with two attached hydrogens (primary N) is 1. The average molecular weight is 427 g/mol. The van der Waals surface area contributed by atoms with E-state index in [0.717, 1.165) is 12.8 Å². The van der Waals surface area contributed by atoms with E-state index >= 15 is 0 Å². The second kappa shape index (κ2) is 8.88. The third-order valence-electron chi connectivity index (χ3n) is 5.94. The molecule has 2 fully saturated rings. The topological polar surface area (TPSA) is 81.9 Å². The number of hydrogen-bond donors (Lipinski definition) is 1. The minimum absolute atomic E-state index is 0.107. The summed E-state index contributed by atoms with van der Waals surface area (Å²) < 4.78 is 24.7. The normalized spacial score (nSPS) is 25.8. The van der Waals surface area contributed by atoms with Crippen LogP contribution >= 0.6 is 11.6 Å². The van der Waals surface area contributed by atoms with Crippen LogP contribution in [0.3, 0.4) is 0 Å². The fraction of sp³-hybridized carbons (Fsp3) is 0.619. The first-order chi connectivity index (χ1) is 13.7. The summed E-state index contributed by atoms with van der Waals surface area (Å²) in [7, 11) is 0. The molecule has 1 amide bonds. The van der Waals surface area contributed by atoms with E-state index in [1.54, 1.807) is 6.07 Å². The first-order valence-electron chi connectivity index (χ1n) is 9.99. The molecule has 1 unspecified atom stereocenters. The van der Waals surface area contributed by atoms with Gasteiger partial charge in [0.15, 0.2) is 11.6 Å². The summed E-state index contributed by atoms with van der Waals surface area (Å²) >= 11 is 5.78. The van der Waals surface area contributed by atoms with Crippen molar-refractivity contribution in [1.29, 1.82) is 0 Å². The van der Waals surface area contributed by atoms with Gasteiger partial charge >= 0.3 is 5.97 Å². The van der Waals surface area contributed by atoms with Crippen LogP contribution in [0.1, 0.15) is 39.5 Å². The quantitative estimate of drug-likeness (QED) is 0.706. The van der Waals surface area contributed by atoms with Gasteiger partial charge in [0.25, 0.3) is 0 Å². The molecular weight excluding hydrogens is 399 g/mol. The highest BCUT2D eigenvalue weighted by atomic mass is 35.5. The Labute approximate surface area is 175 Å². The molecule has 160 valence electrons. The number of carbonyl (C=O) groups excluding carboxylic acids is 2. The van der Waals surface area contributed by atoms with Crippen molar-refractivity contribution in [3.8, 4) is 5.75 Å². The molecule has 8 heteroatoms. The number of nitrogens with zero attached hydrogens (tertiary/aromatic N) is 1. The molecule has 2 N–H and O–H groups in total. The van der Waals surface area contributed by atoms with Crippen molar-refractivity contribution in [2.75, 3.05) is 19.7 Å². The third kappa shape index (κ3) is 5.39. The van der Waals surface area contributed by atoms with Crippen molar-refractivity contribution >= 4 is 23.5 Å². The predicted molar refractivity (Wildman–Crippen MR) is 107 cm³/mol. The highest BCUT2D eigenvalue weighted by Gasteiger charge is 2.47. The number of rotatable bonds is 6. The highest BCUT2D eigenvalue weighted by molar-refractivity contribution is 6.30. The zero-order valence-electron chi connectivity index (χ0n) is 16.8. The molecule has 6 nitrogen and oxygen atoms in total. The number of benzene rings is 1. The van der Waals surface area contributed by atoms with Gasteiger partial charge in [0.05, 0.1) is 11.6 Å². The van der Waals surface area contributed by atoms with Gasteiger partial charge in [0.2, 0.25) is 5.91 Å². The Bertz CT molecular complexity index is 761. The summed E-state index contributed by atoms with van der Waals surface area (Å²) in [5.41, 5.74) is 5.57. The van der Waals surface area contributed by atoms with Gasteiger partial charge in [0.1, 0.15) is 6.61 Å². The molecule has 1 saturated carbocycles. The lowest BCUT2D eigenvalue weighted by molar-refractivity contribution is -0.149. The van der Waals surface area contributed by atoms with E-state index in [9.17, 15) is 14.0 Å². The van der Waals surface area contributed by atoms with Gasteiger partial charge in [-0.3, -0.25) is 9.59 Å². The number of piperidine rings is 1. The number of amides is 1. The minimum Gasteiger partial charge on any atom is -0.487 e. The monoisotopic (exact) mass is 426 g/mol. The highest BCUT2D eigenvalue weighted by Crippen LogP contribution is 2.38. The zero-order valence-corrected chi connectivity index (χ0v) is 17.6. The average Bonchev–Trinajstić information content (AvgIpc) is 2.66. The van der Waals surface area contributed by atoms with Crippen molar-refractivity contribution in [2.45, 2.75) is 51.2 Å². The molecule has 0 spiro atoms. The van der Waals surface area contributed by atoms with Crippen LogP contribution in [0.2, 0.25) is 5.02 Å².